The van der Waals surface area contributed by atoms with E-state index >= 15 is 0 Å². The molecule has 1 heteroatoms. The second-order valence-corrected chi connectivity index (χ2v) is 1.90. The Hall–Kier alpha value is -0.590. The van der Waals surface area contributed by atoms with Crippen molar-refractivity contribution in [2.45, 2.75) is 26.7 Å². The lowest BCUT2D eigenvalue weighted by atomic mass is 10.2. The van der Waals surface area contributed by atoms with Crippen molar-refractivity contribution in [1.29, 1.82) is 0 Å². The van der Waals surface area contributed by atoms with Crippen LogP contribution in [0.4, 0.5) is 0 Å². The molecule has 9 heavy (non-hydrogen) atoms. The van der Waals surface area contributed by atoms with Gasteiger partial charge in [0.15, 0.2) is 0 Å². The molecule has 1 nitrogen and oxygen atoms in total. The summed E-state index contributed by atoms with van der Waals surface area (Å²) in [5, 5.41) is 0. The van der Waals surface area contributed by atoms with E-state index in [1.54, 1.807) is 0 Å². The van der Waals surface area contributed by atoms with Gasteiger partial charge in [0.25, 0.3) is 0 Å². The van der Waals surface area contributed by atoms with Crippen LogP contribution >= 0.6 is 0 Å². The Balaban J connectivity index is 3.60. The fraction of sp³-hybridized carbons (Fsp3) is 0.625. The maximum Gasteiger partial charge on any atom is 0.0567 e. The Kier molecular flexibility index (Phi) is 5.18. The third-order valence-electron chi connectivity index (χ3n) is 1.26. The van der Waals surface area contributed by atoms with Gasteiger partial charge < -0.3 is 0 Å². The number of hydrogen-bond acceptors (Lipinski definition) is 1. The monoisotopic (exact) mass is 125 g/mol. The molecule has 0 heterocycles. The van der Waals surface area contributed by atoms with E-state index in [0.717, 1.165) is 19.4 Å². The maximum atomic E-state index is 4.28. The molecule has 0 aliphatic carbocycles. The van der Waals surface area contributed by atoms with Crippen molar-refractivity contribution < 1.29 is 0 Å². The first kappa shape index (κ1) is 8.41. The zero-order chi connectivity index (χ0) is 7.11. The SMILES string of the molecule is C=CCN=C(CC)CC. The van der Waals surface area contributed by atoms with Crippen molar-refractivity contribution >= 4 is 5.71 Å². The molecule has 0 aromatic heterocycles. The van der Waals surface area contributed by atoms with E-state index in [1.807, 2.05) is 6.08 Å². The van der Waals surface area contributed by atoms with Crippen LogP contribution in [0.15, 0.2) is 17.6 Å². The fourth-order valence-corrected chi connectivity index (χ4v) is 0.667. The summed E-state index contributed by atoms with van der Waals surface area (Å²) in [5.41, 5.74) is 1.29. The van der Waals surface area contributed by atoms with Crippen LogP contribution in [0, 0.1) is 0 Å². The molecule has 0 fully saturated rings. The van der Waals surface area contributed by atoms with Crippen LogP contribution in [-0.4, -0.2) is 12.3 Å². The Morgan fingerprint density at radius 1 is 1.44 bits per heavy atom. The minimum absolute atomic E-state index is 0.775. The Bertz CT molecular complexity index is 97.1. The first-order valence-electron chi connectivity index (χ1n) is 3.48. The van der Waals surface area contributed by atoms with Crippen molar-refractivity contribution in [2.75, 3.05) is 6.54 Å². The highest BCUT2D eigenvalue weighted by atomic mass is 14.7. The van der Waals surface area contributed by atoms with Crippen LogP contribution in [0.3, 0.4) is 0 Å². The summed E-state index contributed by atoms with van der Waals surface area (Å²) >= 11 is 0. The summed E-state index contributed by atoms with van der Waals surface area (Å²) in [5.74, 6) is 0. The van der Waals surface area contributed by atoms with Gasteiger partial charge in [-0.3, -0.25) is 4.99 Å². The highest BCUT2D eigenvalue weighted by molar-refractivity contribution is 5.83. The van der Waals surface area contributed by atoms with Gasteiger partial charge >= 0.3 is 0 Å². The molecule has 0 radical (unpaired) electrons. The molecular formula is C8H15N. The van der Waals surface area contributed by atoms with Gasteiger partial charge in [-0.05, 0) is 12.8 Å². The largest absolute Gasteiger partial charge is 0.290 e. The first-order valence-corrected chi connectivity index (χ1v) is 3.48. The molecule has 0 aliphatic heterocycles. The normalized spacial score (nSPS) is 8.67. The predicted molar refractivity (Wildman–Crippen MR) is 43.1 cm³/mol. The zero-order valence-corrected chi connectivity index (χ0v) is 6.35. The third kappa shape index (κ3) is 3.95. The van der Waals surface area contributed by atoms with Crippen molar-refractivity contribution in [2.24, 2.45) is 4.99 Å². The lowest BCUT2D eigenvalue weighted by molar-refractivity contribution is 1.10. The fourth-order valence-electron chi connectivity index (χ4n) is 0.667. The Morgan fingerprint density at radius 2 is 2.00 bits per heavy atom. The molecule has 0 unspecified atom stereocenters. The quantitative estimate of drug-likeness (QED) is 0.404. The topological polar surface area (TPSA) is 12.4 Å². The zero-order valence-electron chi connectivity index (χ0n) is 6.35. The highest BCUT2D eigenvalue weighted by Crippen LogP contribution is 1.91. The van der Waals surface area contributed by atoms with Crippen molar-refractivity contribution in [3.05, 3.63) is 12.7 Å². The predicted octanol–water partition coefficient (Wildman–Crippen LogP) is 2.43. The van der Waals surface area contributed by atoms with Crippen LogP contribution in [0.25, 0.3) is 0 Å². The van der Waals surface area contributed by atoms with Gasteiger partial charge in [-0.2, -0.15) is 0 Å². The van der Waals surface area contributed by atoms with Crippen molar-refractivity contribution in [1.82, 2.24) is 0 Å². The summed E-state index contributed by atoms with van der Waals surface area (Å²) in [7, 11) is 0. The molecule has 0 saturated heterocycles. The van der Waals surface area contributed by atoms with Crippen LogP contribution in [0.2, 0.25) is 0 Å². The van der Waals surface area contributed by atoms with E-state index in [4.69, 9.17) is 0 Å². The number of nitrogens with zero attached hydrogens (tertiary/aromatic N) is 1. The van der Waals surface area contributed by atoms with E-state index in [-0.39, 0.29) is 0 Å². The molecule has 0 saturated carbocycles. The van der Waals surface area contributed by atoms with E-state index in [9.17, 15) is 0 Å². The maximum absolute atomic E-state index is 4.28. The summed E-state index contributed by atoms with van der Waals surface area (Å²) in [4.78, 5) is 4.28. The standard InChI is InChI=1S/C8H15N/c1-4-7-9-8(5-2)6-3/h4H,1,5-7H2,2-3H3. The van der Waals surface area contributed by atoms with Gasteiger partial charge in [-0.1, -0.05) is 19.9 Å². The van der Waals surface area contributed by atoms with E-state index < -0.39 is 0 Å². The Labute approximate surface area is 57.5 Å². The average molecular weight is 125 g/mol. The smallest absolute Gasteiger partial charge is 0.0567 e. The van der Waals surface area contributed by atoms with Crippen molar-refractivity contribution in [3.8, 4) is 0 Å². The minimum atomic E-state index is 0.775. The summed E-state index contributed by atoms with van der Waals surface area (Å²) < 4.78 is 0. The van der Waals surface area contributed by atoms with Gasteiger partial charge in [0.05, 0.1) is 6.54 Å². The molecule has 0 spiro atoms. The van der Waals surface area contributed by atoms with Gasteiger partial charge in [0, 0.05) is 5.71 Å². The van der Waals surface area contributed by atoms with Crippen LogP contribution in [0.5, 0.6) is 0 Å². The number of rotatable bonds is 4. The van der Waals surface area contributed by atoms with Crippen molar-refractivity contribution in [3.63, 3.8) is 0 Å². The summed E-state index contributed by atoms with van der Waals surface area (Å²) in [6, 6.07) is 0. The average Bonchev–Trinajstić information content (AvgIpc) is 1.91. The lowest BCUT2D eigenvalue weighted by Gasteiger charge is -1.95. The minimum Gasteiger partial charge on any atom is -0.290 e. The molecule has 52 valence electrons. The number of hydrogen-bond donors (Lipinski definition) is 0. The molecule has 0 amide bonds. The van der Waals surface area contributed by atoms with E-state index in [1.165, 1.54) is 5.71 Å². The molecule has 0 aliphatic rings. The Morgan fingerprint density at radius 3 is 2.33 bits per heavy atom. The van der Waals surface area contributed by atoms with Crippen LogP contribution in [-0.2, 0) is 0 Å². The molecule has 0 atom stereocenters. The molecular weight excluding hydrogens is 110 g/mol. The van der Waals surface area contributed by atoms with Gasteiger partial charge in [0.1, 0.15) is 0 Å². The second-order valence-electron chi connectivity index (χ2n) is 1.90. The second kappa shape index (κ2) is 5.54. The highest BCUT2D eigenvalue weighted by Gasteiger charge is 1.87. The molecule has 0 bridgehead atoms. The van der Waals surface area contributed by atoms with Gasteiger partial charge in [0.2, 0.25) is 0 Å². The van der Waals surface area contributed by atoms with Gasteiger partial charge in [-0.25, -0.2) is 0 Å². The number of aliphatic imine (C=N–C) groups is 1. The molecule has 0 aromatic rings. The van der Waals surface area contributed by atoms with Crippen LogP contribution < -0.4 is 0 Å². The van der Waals surface area contributed by atoms with E-state index in [2.05, 4.69) is 25.4 Å². The first-order chi connectivity index (χ1) is 4.35. The summed E-state index contributed by atoms with van der Waals surface area (Å²) in [6.45, 7) is 8.63. The van der Waals surface area contributed by atoms with Crippen LogP contribution in [0.1, 0.15) is 26.7 Å². The molecule has 0 rings (SSSR count). The van der Waals surface area contributed by atoms with E-state index in [0.29, 0.717) is 0 Å². The molecule has 0 N–H and O–H groups in total. The third-order valence-corrected chi connectivity index (χ3v) is 1.26. The lowest BCUT2D eigenvalue weighted by Crippen LogP contribution is -1.93. The molecule has 0 aromatic carbocycles. The van der Waals surface area contributed by atoms with Gasteiger partial charge in [-0.15, -0.1) is 6.58 Å². The summed E-state index contributed by atoms with van der Waals surface area (Å²) in [6.07, 6.45) is 3.97.